The summed E-state index contributed by atoms with van der Waals surface area (Å²) >= 11 is 0. The molecule has 0 unspecified atom stereocenters. The van der Waals surface area contributed by atoms with Crippen LogP contribution < -0.4 is 9.47 Å². The van der Waals surface area contributed by atoms with Gasteiger partial charge in [-0.25, -0.2) is 0 Å². The number of aryl methyl sites for hydroxylation is 1. The van der Waals surface area contributed by atoms with Crippen LogP contribution in [0.1, 0.15) is 31.4 Å². The van der Waals surface area contributed by atoms with Gasteiger partial charge in [-0.15, -0.1) is 0 Å². The first-order valence-corrected chi connectivity index (χ1v) is 5.77. The Labute approximate surface area is 108 Å². The van der Waals surface area contributed by atoms with E-state index < -0.39 is 11.4 Å². The van der Waals surface area contributed by atoms with Crippen molar-refractivity contribution in [3.63, 3.8) is 0 Å². The molecular formula is C14H20O4. The lowest BCUT2D eigenvalue weighted by Gasteiger charge is -2.28. The maximum Gasteiger partial charge on any atom is 0.304 e. The van der Waals surface area contributed by atoms with E-state index in [0.29, 0.717) is 11.5 Å². The van der Waals surface area contributed by atoms with E-state index >= 15 is 0 Å². The summed E-state index contributed by atoms with van der Waals surface area (Å²) in [5.74, 6) is 0.509. The SMILES string of the molecule is COc1ccc(C)c(OC)c1C(C)(C)CC(=O)O. The van der Waals surface area contributed by atoms with E-state index in [1.54, 1.807) is 14.2 Å². The summed E-state index contributed by atoms with van der Waals surface area (Å²) in [5, 5.41) is 9.03. The minimum absolute atomic E-state index is 0.0170. The van der Waals surface area contributed by atoms with Crippen molar-refractivity contribution in [1.29, 1.82) is 0 Å². The number of ether oxygens (including phenoxy) is 2. The zero-order chi connectivity index (χ0) is 13.9. The van der Waals surface area contributed by atoms with Crippen LogP contribution in [-0.2, 0) is 10.2 Å². The van der Waals surface area contributed by atoms with Crippen LogP contribution in [-0.4, -0.2) is 25.3 Å². The van der Waals surface area contributed by atoms with Gasteiger partial charge in [0.1, 0.15) is 11.5 Å². The van der Waals surface area contributed by atoms with Crippen molar-refractivity contribution in [2.24, 2.45) is 0 Å². The standard InChI is InChI=1S/C14H20O4/c1-9-6-7-10(17-4)12(13(9)18-5)14(2,3)8-11(15)16/h6-7H,8H2,1-5H3,(H,15,16). The molecule has 4 nitrogen and oxygen atoms in total. The van der Waals surface area contributed by atoms with Gasteiger partial charge in [0.25, 0.3) is 0 Å². The molecule has 1 aromatic rings. The van der Waals surface area contributed by atoms with Crippen molar-refractivity contribution in [3.8, 4) is 11.5 Å². The van der Waals surface area contributed by atoms with Gasteiger partial charge in [-0.2, -0.15) is 0 Å². The lowest BCUT2D eigenvalue weighted by molar-refractivity contribution is -0.138. The van der Waals surface area contributed by atoms with Gasteiger partial charge >= 0.3 is 5.97 Å². The number of benzene rings is 1. The largest absolute Gasteiger partial charge is 0.496 e. The first-order valence-electron chi connectivity index (χ1n) is 5.77. The molecule has 1 aromatic carbocycles. The number of aliphatic carboxylic acids is 1. The molecule has 0 aliphatic heterocycles. The Kier molecular flexibility index (Phi) is 4.22. The highest BCUT2D eigenvalue weighted by Crippen LogP contribution is 2.42. The highest BCUT2D eigenvalue weighted by molar-refractivity contribution is 5.70. The molecule has 0 bridgehead atoms. The van der Waals surface area contributed by atoms with Gasteiger partial charge in [0, 0.05) is 11.0 Å². The second-order valence-corrected chi connectivity index (χ2v) is 4.95. The quantitative estimate of drug-likeness (QED) is 0.875. The fourth-order valence-corrected chi connectivity index (χ4v) is 2.21. The molecular weight excluding hydrogens is 232 g/mol. The number of carbonyl (C=O) groups is 1. The molecule has 4 heteroatoms. The normalized spacial score (nSPS) is 11.2. The third-order valence-corrected chi connectivity index (χ3v) is 3.01. The van der Waals surface area contributed by atoms with Gasteiger partial charge in [0.15, 0.2) is 0 Å². The molecule has 0 amide bonds. The molecule has 0 atom stereocenters. The monoisotopic (exact) mass is 252 g/mol. The van der Waals surface area contributed by atoms with Gasteiger partial charge in [-0.05, 0) is 18.6 Å². The Morgan fingerprint density at radius 2 is 1.89 bits per heavy atom. The number of rotatable bonds is 5. The molecule has 18 heavy (non-hydrogen) atoms. The van der Waals surface area contributed by atoms with E-state index in [-0.39, 0.29) is 6.42 Å². The molecule has 0 saturated heterocycles. The second kappa shape index (κ2) is 5.29. The summed E-state index contributed by atoms with van der Waals surface area (Å²) in [4.78, 5) is 11.0. The lowest BCUT2D eigenvalue weighted by atomic mass is 9.79. The molecule has 0 aromatic heterocycles. The Morgan fingerprint density at radius 3 is 2.33 bits per heavy atom. The third-order valence-electron chi connectivity index (χ3n) is 3.01. The van der Waals surface area contributed by atoms with Crippen molar-refractivity contribution in [1.82, 2.24) is 0 Å². The van der Waals surface area contributed by atoms with Crippen molar-refractivity contribution < 1.29 is 19.4 Å². The smallest absolute Gasteiger partial charge is 0.304 e. The Bertz CT molecular complexity index is 449. The summed E-state index contributed by atoms with van der Waals surface area (Å²) in [6.07, 6.45) is 0.0170. The van der Waals surface area contributed by atoms with Gasteiger partial charge in [0.2, 0.25) is 0 Å². The zero-order valence-corrected chi connectivity index (χ0v) is 11.5. The van der Waals surface area contributed by atoms with Gasteiger partial charge < -0.3 is 14.6 Å². The van der Waals surface area contributed by atoms with Crippen LogP contribution in [0, 0.1) is 6.92 Å². The van der Waals surface area contributed by atoms with Crippen molar-refractivity contribution in [2.75, 3.05) is 14.2 Å². The maximum atomic E-state index is 11.0. The average molecular weight is 252 g/mol. The van der Waals surface area contributed by atoms with Crippen LogP contribution >= 0.6 is 0 Å². The van der Waals surface area contributed by atoms with Crippen LogP contribution in [0.3, 0.4) is 0 Å². The van der Waals surface area contributed by atoms with Crippen molar-refractivity contribution >= 4 is 5.97 Å². The van der Waals surface area contributed by atoms with Crippen molar-refractivity contribution in [2.45, 2.75) is 32.6 Å². The van der Waals surface area contributed by atoms with E-state index in [1.807, 2.05) is 32.9 Å². The summed E-state index contributed by atoms with van der Waals surface area (Å²) in [6, 6.07) is 3.74. The maximum absolute atomic E-state index is 11.0. The van der Waals surface area contributed by atoms with Crippen LogP contribution in [0.15, 0.2) is 12.1 Å². The molecule has 0 saturated carbocycles. The molecule has 1 N–H and O–H groups in total. The average Bonchev–Trinajstić information content (AvgIpc) is 2.26. The van der Waals surface area contributed by atoms with Crippen LogP contribution in [0.25, 0.3) is 0 Å². The highest BCUT2D eigenvalue weighted by atomic mass is 16.5. The predicted octanol–water partition coefficient (Wildman–Crippen LogP) is 2.76. The molecule has 0 heterocycles. The number of carboxylic acids is 1. The minimum Gasteiger partial charge on any atom is -0.496 e. The topological polar surface area (TPSA) is 55.8 Å². The molecule has 0 spiro atoms. The van der Waals surface area contributed by atoms with E-state index in [4.69, 9.17) is 14.6 Å². The van der Waals surface area contributed by atoms with Crippen molar-refractivity contribution in [3.05, 3.63) is 23.3 Å². The van der Waals surface area contributed by atoms with Crippen LogP contribution in [0.4, 0.5) is 0 Å². The summed E-state index contributed by atoms with van der Waals surface area (Å²) in [6.45, 7) is 5.68. The third kappa shape index (κ3) is 2.75. The first-order chi connectivity index (χ1) is 8.33. The van der Waals surface area contributed by atoms with Gasteiger partial charge in [-0.1, -0.05) is 19.9 Å². The summed E-state index contributed by atoms with van der Waals surface area (Å²) in [5.41, 5.74) is 1.20. The van der Waals surface area contributed by atoms with Crippen LogP contribution in [0.5, 0.6) is 11.5 Å². The molecule has 0 radical (unpaired) electrons. The summed E-state index contributed by atoms with van der Waals surface area (Å²) in [7, 11) is 3.16. The molecule has 1 rings (SSSR count). The molecule has 0 aliphatic rings. The molecule has 0 aliphatic carbocycles. The fourth-order valence-electron chi connectivity index (χ4n) is 2.21. The van der Waals surface area contributed by atoms with E-state index in [1.165, 1.54) is 0 Å². The first kappa shape index (κ1) is 14.4. The minimum atomic E-state index is -0.842. The number of hydrogen-bond donors (Lipinski definition) is 1. The van der Waals surface area contributed by atoms with Gasteiger partial charge in [-0.3, -0.25) is 4.79 Å². The predicted molar refractivity (Wildman–Crippen MR) is 69.6 cm³/mol. The molecule has 0 fully saturated rings. The van der Waals surface area contributed by atoms with Gasteiger partial charge in [0.05, 0.1) is 20.6 Å². The van der Waals surface area contributed by atoms with E-state index in [0.717, 1.165) is 11.1 Å². The molecule has 100 valence electrons. The summed E-state index contributed by atoms with van der Waals surface area (Å²) < 4.78 is 10.8. The van der Waals surface area contributed by atoms with E-state index in [9.17, 15) is 4.79 Å². The highest BCUT2D eigenvalue weighted by Gasteiger charge is 2.31. The number of methoxy groups -OCH3 is 2. The van der Waals surface area contributed by atoms with Crippen LogP contribution in [0.2, 0.25) is 0 Å². The number of hydrogen-bond acceptors (Lipinski definition) is 3. The Morgan fingerprint density at radius 1 is 1.28 bits per heavy atom. The Hall–Kier alpha value is -1.71. The Balaban J connectivity index is 3.44. The lowest BCUT2D eigenvalue weighted by Crippen LogP contribution is -2.23. The zero-order valence-electron chi connectivity index (χ0n) is 11.5. The second-order valence-electron chi connectivity index (χ2n) is 4.95. The number of carboxylic acid groups (broad SMARTS) is 1. The van der Waals surface area contributed by atoms with E-state index in [2.05, 4.69) is 0 Å². The fraction of sp³-hybridized carbons (Fsp3) is 0.500.